The van der Waals surface area contributed by atoms with Crippen molar-refractivity contribution in [3.63, 3.8) is 0 Å². The Bertz CT molecular complexity index is 4000. The molecule has 5 aliphatic heterocycles. The van der Waals surface area contributed by atoms with E-state index in [0.717, 1.165) is 84.6 Å². The van der Waals surface area contributed by atoms with Crippen LogP contribution in [0.4, 0.5) is 11.6 Å². The van der Waals surface area contributed by atoms with Crippen LogP contribution in [-0.2, 0) is 28.8 Å². The van der Waals surface area contributed by atoms with Crippen molar-refractivity contribution in [2.24, 2.45) is 0 Å². The number of halogens is 1. The third-order valence-corrected chi connectivity index (χ3v) is 21.0. The Morgan fingerprint density at radius 2 is 1.03 bits per heavy atom. The Morgan fingerprint density at radius 3 is 1.48 bits per heavy atom. The van der Waals surface area contributed by atoms with Gasteiger partial charge in [0.2, 0.25) is 11.8 Å². The van der Waals surface area contributed by atoms with Gasteiger partial charge in [-0.25, -0.2) is 37.4 Å². The highest BCUT2D eigenvalue weighted by atomic mass is 79.9. The Hall–Kier alpha value is -7.88. The third-order valence-electron chi connectivity index (χ3n) is 16.8. The summed E-state index contributed by atoms with van der Waals surface area (Å²) in [5.74, 6) is 5.99. The summed E-state index contributed by atoms with van der Waals surface area (Å²) in [6.45, 7) is 11.8. The third kappa shape index (κ3) is 14.8. The summed E-state index contributed by atoms with van der Waals surface area (Å²) in [6, 6.07) is 27.6. The molecule has 0 spiro atoms. The Labute approximate surface area is 521 Å². The average molecular weight is 1290 g/mol. The maximum absolute atomic E-state index is 12.0. The van der Waals surface area contributed by atoms with Crippen molar-refractivity contribution in [1.29, 1.82) is 20.1 Å². The maximum atomic E-state index is 12.0. The molecule has 0 aliphatic carbocycles. The van der Waals surface area contributed by atoms with E-state index >= 15 is 0 Å². The van der Waals surface area contributed by atoms with Gasteiger partial charge in [-0.3, -0.25) is 9.56 Å². The van der Waals surface area contributed by atoms with Gasteiger partial charge in [-0.15, -0.1) is 0 Å². The van der Waals surface area contributed by atoms with E-state index in [4.69, 9.17) is 48.1 Å². The maximum Gasteiger partial charge on any atom is 0.496 e. The number of nitrogens with zero attached hydrogens (tertiary/aromatic N) is 12. The summed E-state index contributed by atoms with van der Waals surface area (Å²) in [4.78, 5) is 22.5. The van der Waals surface area contributed by atoms with Crippen molar-refractivity contribution in [2.75, 3.05) is 59.0 Å². The first kappa shape index (κ1) is 61.8. The van der Waals surface area contributed by atoms with Crippen LogP contribution in [0.15, 0.2) is 127 Å². The molecule has 22 nitrogen and oxygen atoms in total. The van der Waals surface area contributed by atoms with Crippen molar-refractivity contribution in [2.45, 2.75) is 115 Å². The fourth-order valence-corrected chi connectivity index (χ4v) is 14.7. The molecule has 5 fully saturated rings. The number of nitriles is 2. The van der Waals surface area contributed by atoms with Crippen LogP contribution in [0.2, 0.25) is 0 Å². The van der Waals surface area contributed by atoms with Gasteiger partial charge in [0.15, 0.2) is 0 Å². The molecule has 0 bridgehead atoms. The molecule has 8 aromatic heterocycles. The number of nitrogens with one attached hydrogen (secondary N) is 2. The van der Waals surface area contributed by atoms with Crippen LogP contribution in [0, 0.1) is 32.2 Å². The lowest BCUT2D eigenvalue weighted by Crippen LogP contribution is -2.41. The quantitative estimate of drug-likeness (QED) is 0.108. The topological polar surface area (TPSA) is 277 Å². The first-order valence-corrected chi connectivity index (χ1v) is 34.1. The SMILES string of the molecule is CC1(C)OB(c2ccc(N3CCC(Oc4ccccn4)CC3)nc2)OC1(C)C.N#Cc1cnn2cc(OC3CCS(=N)(=O)CC3)cc(-c3ccc(N4CCC(Oc5ccccn5)CC4)nc3)c12.N#Cc1cnn2cc(OC3CCS(=N)(=O)CC3)cc(Br)c12. The summed E-state index contributed by atoms with van der Waals surface area (Å²) in [7, 11) is -5.25. The molecule has 13 rings (SSSR count). The number of hydrogen-bond acceptors (Lipinski definition) is 20. The summed E-state index contributed by atoms with van der Waals surface area (Å²) >= 11 is 3.43. The smallest absolute Gasteiger partial charge is 0.489 e. The van der Waals surface area contributed by atoms with E-state index in [1.54, 1.807) is 40.0 Å². The second-order valence-corrected chi connectivity index (χ2v) is 29.2. The molecule has 0 unspecified atom stereocenters. The van der Waals surface area contributed by atoms with Gasteiger partial charge in [-0.2, -0.15) is 20.7 Å². The summed E-state index contributed by atoms with van der Waals surface area (Å²) < 4.78 is 79.4. The van der Waals surface area contributed by atoms with Crippen LogP contribution in [-0.4, -0.2) is 140 Å². The van der Waals surface area contributed by atoms with Crippen LogP contribution in [0.1, 0.15) is 90.2 Å². The molecule has 0 amide bonds. The Morgan fingerprint density at radius 1 is 0.580 bits per heavy atom. The molecule has 0 aromatic carbocycles. The number of fused-ring (bicyclic) bond motifs is 2. The van der Waals surface area contributed by atoms with Crippen LogP contribution in [0.25, 0.3) is 22.2 Å². The van der Waals surface area contributed by atoms with Crippen molar-refractivity contribution in [3.05, 3.63) is 138 Å². The van der Waals surface area contributed by atoms with Gasteiger partial charge in [-0.05, 0) is 112 Å². The molecule has 5 aliphatic rings. The molecule has 13 heterocycles. The van der Waals surface area contributed by atoms with E-state index in [1.165, 1.54) is 6.20 Å². The predicted molar refractivity (Wildman–Crippen MR) is 339 cm³/mol. The number of pyridine rings is 6. The van der Waals surface area contributed by atoms with Gasteiger partial charge in [-0.1, -0.05) is 18.2 Å². The molecule has 2 N–H and O–H groups in total. The molecule has 88 heavy (non-hydrogen) atoms. The molecule has 0 radical (unpaired) electrons. The number of ether oxygens (including phenoxy) is 4. The second-order valence-electron chi connectivity index (χ2n) is 23.5. The number of hydrogen-bond donors (Lipinski definition) is 2. The molecule has 0 saturated carbocycles. The normalized spacial score (nSPS) is 22.7. The Kier molecular flexibility index (Phi) is 18.6. The molecule has 8 aromatic rings. The van der Waals surface area contributed by atoms with E-state index < -0.39 is 19.5 Å². The van der Waals surface area contributed by atoms with Gasteiger partial charge in [0.05, 0.1) is 58.1 Å². The largest absolute Gasteiger partial charge is 0.496 e. The highest BCUT2D eigenvalue weighted by molar-refractivity contribution is 9.10. The van der Waals surface area contributed by atoms with E-state index in [-0.39, 0.29) is 42.7 Å². The summed E-state index contributed by atoms with van der Waals surface area (Å²) in [5, 5.41) is 27.2. The highest BCUT2D eigenvalue weighted by Crippen LogP contribution is 2.37. The molecular weight excluding hydrogens is 1220 g/mol. The number of aromatic nitrogens is 8. The second kappa shape index (κ2) is 26.4. The van der Waals surface area contributed by atoms with Gasteiger partial charge < -0.3 is 38.1 Å². The standard InChI is InChI=1S/C28H29N7O3S.C21H28BN3O3.C13H13BrN4O2S/c29-16-21-18-33-35-19-24(37-23-8-13-39(30,36)14-9-23)15-25(28(21)35)20-4-5-26(32-17-20)34-11-6-22(7-12-34)38-27-3-1-2-10-31-27;1-20(2)21(3,4)28-22(27-20)16-8-9-18(24-15-16)25-13-10-17(11-14-25)26-19-7-5-6-12-23-19;14-12-5-11(8-18-13(12)9(6-15)7-17-18)20-10-1-3-21(16,19)4-2-10/h1-5,10,15,17-19,22-23,30H,6-9,11-14H2;5-9,12,15,17H,10-11,13-14H2,1-4H3;5,7-8,10,16H,1-4H2. The molecule has 458 valence electrons. The van der Waals surface area contributed by atoms with Gasteiger partial charge in [0.1, 0.15) is 59.7 Å². The van der Waals surface area contributed by atoms with Crippen LogP contribution in [0.3, 0.4) is 0 Å². The minimum atomic E-state index is -2.48. The van der Waals surface area contributed by atoms with Crippen molar-refractivity contribution >= 4 is 70.6 Å². The Balaban J connectivity index is 0.000000144. The van der Waals surface area contributed by atoms with E-state index in [1.807, 2.05) is 73.1 Å². The van der Waals surface area contributed by atoms with Crippen LogP contribution >= 0.6 is 15.9 Å². The fourth-order valence-electron chi connectivity index (χ4n) is 11.1. The fraction of sp³-hybridized carbons (Fsp3) is 0.419. The first-order valence-electron chi connectivity index (χ1n) is 29.5. The minimum Gasteiger partial charge on any atom is -0.489 e. The molecular formula is C62H70BBrN14O8S2. The molecule has 0 atom stereocenters. The zero-order valence-corrected chi connectivity index (χ0v) is 52.8. The van der Waals surface area contributed by atoms with Crippen LogP contribution < -0.4 is 34.2 Å². The van der Waals surface area contributed by atoms with E-state index in [2.05, 4.69) is 103 Å². The van der Waals surface area contributed by atoms with Gasteiger partial charge in [0, 0.05) is 152 Å². The molecule has 26 heteroatoms. The monoisotopic (exact) mass is 1290 g/mol. The predicted octanol–water partition coefficient (Wildman–Crippen LogP) is 9.68. The van der Waals surface area contributed by atoms with Gasteiger partial charge in [0.25, 0.3) is 0 Å². The van der Waals surface area contributed by atoms with E-state index in [9.17, 15) is 13.7 Å². The van der Waals surface area contributed by atoms with Crippen molar-refractivity contribution in [1.82, 2.24) is 39.2 Å². The number of anilines is 2. The zero-order valence-electron chi connectivity index (χ0n) is 49.6. The number of piperidine rings is 2. The lowest BCUT2D eigenvalue weighted by molar-refractivity contribution is 0.00578. The summed E-state index contributed by atoms with van der Waals surface area (Å²) in [5.41, 5.74) is 4.32. The van der Waals surface area contributed by atoms with Gasteiger partial charge >= 0.3 is 7.12 Å². The number of rotatable bonds is 12. The first-order chi connectivity index (χ1) is 42.3. The van der Waals surface area contributed by atoms with E-state index in [0.29, 0.717) is 94.1 Å². The highest BCUT2D eigenvalue weighted by Gasteiger charge is 2.52. The lowest BCUT2D eigenvalue weighted by Gasteiger charge is -2.32. The lowest BCUT2D eigenvalue weighted by atomic mass is 9.80. The average Bonchev–Trinajstić information content (AvgIpc) is 1.92. The zero-order chi connectivity index (χ0) is 61.6. The van der Waals surface area contributed by atoms with Crippen LogP contribution in [0.5, 0.6) is 23.3 Å². The van der Waals surface area contributed by atoms with Crippen molar-refractivity contribution < 1.29 is 36.7 Å². The molecule has 5 saturated heterocycles. The minimum absolute atomic E-state index is 0.0275. The van der Waals surface area contributed by atoms with Crippen molar-refractivity contribution in [3.8, 4) is 46.5 Å². The summed E-state index contributed by atoms with van der Waals surface area (Å²) in [6.07, 6.45) is 20.1.